The highest BCUT2D eigenvalue weighted by Crippen LogP contribution is 2.35. The number of halogens is 1. The van der Waals surface area contributed by atoms with Gasteiger partial charge >= 0.3 is 0 Å². The van der Waals surface area contributed by atoms with Crippen molar-refractivity contribution in [1.82, 2.24) is 5.32 Å². The fraction of sp³-hybridized carbons (Fsp3) is 0.200. The quantitative estimate of drug-likeness (QED) is 0.851. The van der Waals surface area contributed by atoms with Gasteiger partial charge in [0.05, 0.1) is 18.5 Å². The van der Waals surface area contributed by atoms with Crippen LogP contribution in [0.5, 0.6) is 5.75 Å². The fourth-order valence-electron chi connectivity index (χ4n) is 2.10. The first-order valence-electron chi connectivity index (χ1n) is 6.60. The van der Waals surface area contributed by atoms with Crippen LogP contribution in [0.25, 0.3) is 0 Å². The van der Waals surface area contributed by atoms with E-state index in [0.717, 1.165) is 0 Å². The number of nitrogens with one attached hydrogen (secondary N) is 2. The first-order valence-corrected chi connectivity index (χ1v) is 6.97. The number of hydrogen-bond donors (Lipinski definition) is 2. The van der Waals surface area contributed by atoms with Gasteiger partial charge in [0.1, 0.15) is 11.5 Å². The predicted molar refractivity (Wildman–Crippen MR) is 79.7 cm³/mol. The van der Waals surface area contributed by atoms with Gasteiger partial charge in [0.2, 0.25) is 0 Å². The van der Waals surface area contributed by atoms with E-state index < -0.39 is 17.4 Å². The molecule has 0 bridgehead atoms. The zero-order valence-electron chi connectivity index (χ0n) is 11.7. The number of furan rings is 1. The van der Waals surface area contributed by atoms with Crippen LogP contribution in [0.4, 0.5) is 5.69 Å². The van der Waals surface area contributed by atoms with Crippen LogP contribution >= 0.6 is 11.6 Å². The maximum atomic E-state index is 12.3. The lowest BCUT2D eigenvalue weighted by Gasteiger charge is -2.33. The molecule has 3 rings (SSSR count). The van der Waals surface area contributed by atoms with Crippen molar-refractivity contribution in [2.24, 2.45) is 0 Å². The Balaban J connectivity index is 1.78. The molecule has 2 amide bonds. The van der Waals surface area contributed by atoms with Gasteiger partial charge < -0.3 is 19.8 Å². The number of rotatable bonds is 3. The van der Waals surface area contributed by atoms with Crippen LogP contribution < -0.4 is 15.4 Å². The Bertz CT molecular complexity index is 729. The van der Waals surface area contributed by atoms with E-state index >= 15 is 0 Å². The Kier molecular flexibility index (Phi) is 3.54. The first-order chi connectivity index (χ1) is 10.5. The summed E-state index contributed by atoms with van der Waals surface area (Å²) in [5.41, 5.74) is -1.22. The molecule has 0 saturated carbocycles. The lowest BCUT2D eigenvalue weighted by atomic mass is 10.0. The molecule has 2 heterocycles. The number of fused-ring (bicyclic) bond motifs is 1. The summed E-state index contributed by atoms with van der Waals surface area (Å²) in [4.78, 5) is 24.6. The molecule has 1 aromatic carbocycles. The smallest absolute Gasteiger partial charge is 0.278 e. The number of carbonyl (C=O) groups is 2. The maximum absolute atomic E-state index is 12.3. The molecule has 1 aliphatic heterocycles. The molecular formula is C15H13ClN2O4. The number of anilines is 1. The van der Waals surface area contributed by atoms with E-state index in [1.54, 1.807) is 30.3 Å². The molecule has 0 aliphatic carbocycles. The molecule has 1 aliphatic rings. The van der Waals surface area contributed by atoms with Gasteiger partial charge in [-0.2, -0.15) is 0 Å². The van der Waals surface area contributed by atoms with Crippen molar-refractivity contribution in [2.45, 2.75) is 19.1 Å². The summed E-state index contributed by atoms with van der Waals surface area (Å²) in [6, 6.07) is 8.23. The summed E-state index contributed by atoms with van der Waals surface area (Å²) < 4.78 is 10.7. The number of benzene rings is 1. The van der Waals surface area contributed by atoms with Crippen LogP contribution in [0, 0.1) is 0 Å². The fourth-order valence-corrected chi connectivity index (χ4v) is 2.27. The molecule has 0 radical (unpaired) electrons. The molecule has 114 valence electrons. The van der Waals surface area contributed by atoms with E-state index in [-0.39, 0.29) is 6.54 Å². The number of hydrogen-bond acceptors (Lipinski definition) is 4. The van der Waals surface area contributed by atoms with Gasteiger partial charge in [-0.05, 0) is 37.3 Å². The van der Waals surface area contributed by atoms with Gasteiger partial charge in [-0.15, -0.1) is 0 Å². The van der Waals surface area contributed by atoms with Crippen LogP contribution in [0.2, 0.25) is 5.02 Å². The Morgan fingerprint density at radius 2 is 2.23 bits per heavy atom. The van der Waals surface area contributed by atoms with Crippen molar-refractivity contribution >= 4 is 29.1 Å². The van der Waals surface area contributed by atoms with Crippen molar-refractivity contribution in [3.05, 3.63) is 47.4 Å². The van der Waals surface area contributed by atoms with Gasteiger partial charge in [-0.1, -0.05) is 11.6 Å². The van der Waals surface area contributed by atoms with Crippen molar-refractivity contribution in [1.29, 1.82) is 0 Å². The van der Waals surface area contributed by atoms with Crippen molar-refractivity contribution in [3.63, 3.8) is 0 Å². The van der Waals surface area contributed by atoms with Crippen LogP contribution in [0.15, 0.2) is 41.0 Å². The largest absolute Gasteiger partial charge is 0.467 e. The molecule has 1 atom stereocenters. The van der Waals surface area contributed by atoms with Gasteiger partial charge in [0.25, 0.3) is 17.4 Å². The Morgan fingerprint density at radius 1 is 1.41 bits per heavy atom. The van der Waals surface area contributed by atoms with Crippen LogP contribution in [0.3, 0.4) is 0 Å². The van der Waals surface area contributed by atoms with Crippen LogP contribution in [0.1, 0.15) is 12.7 Å². The Hall–Kier alpha value is -2.47. The molecule has 0 unspecified atom stereocenters. The molecule has 7 heteroatoms. The summed E-state index contributed by atoms with van der Waals surface area (Å²) in [6.45, 7) is 1.59. The Labute approximate surface area is 131 Å². The summed E-state index contributed by atoms with van der Waals surface area (Å²) >= 11 is 5.87. The third kappa shape index (κ3) is 2.53. The minimum absolute atomic E-state index is 0.172. The van der Waals surface area contributed by atoms with E-state index in [2.05, 4.69) is 10.6 Å². The number of ether oxygens (including phenoxy) is 1. The van der Waals surface area contributed by atoms with Crippen molar-refractivity contribution < 1.29 is 18.7 Å². The molecule has 6 nitrogen and oxygen atoms in total. The topological polar surface area (TPSA) is 80.6 Å². The second-order valence-electron chi connectivity index (χ2n) is 4.99. The van der Waals surface area contributed by atoms with Gasteiger partial charge in [-0.3, -0.25) is 9.59 Å². The molecule has 22 heavy (non-hydrogen) atoms. The second kappa shape index (κ2) is 5.38. The minimum atomic E-state index is -1.66. The average Bonchev–Trinajstić information content (AvgIpc) is 2.99. The highest BCUT2D eigenvalue weighted by Gasteiger charge is 2.47. The first kappa shape index (κ1) is 14.5. The zero-order valence-corrected chi connectivity index (χ0v) is 12.4. The zero-order chi connectivity index (χ0) is 15.7. The van der Waals surface area contributed by atoms with Gasteiger partial charge in [0, 0.05) is 5.02 Å². The van der Waals surface area contributed by atoms with E-state index in [1.807, 2.05) is 0 Å². The van der Waals surface area contributed by atoms with Crippen molar-refractivity contribution in [3.8, 4) is 5.75 Å². The summed E-state index contributed by atoms with van der Waals surface area (Å²) in [5.74, 6) is -0.138. The maximum Gasteiger partial charge on any atom is 0.278 e. The monoisotopic (exact) mass is 320 g/mol. The van der Waals surface area contributed by atoms with E-state index in [4.69, 9.17) is 20.8 Å². The molecule has 1 aromatic heterocycles. The lowest BCUT2D eigenvalue weighted by molar-refractivity contribution is -0.146. The van der Waals surface area contributed by atoms with Crippen molar-refractivity contribution in [2.75, 3.05) is 5.32 Å². The molecule has 2 N–H and O–H groups in total. The average molecular weight is 321 g/mol. The van der Waals surface area contributed by atoms with E-state index in [9.17, 15) is 9.59 Å². The highest BCUT2D eigenvalue weighted by molar-refractivity contribution is 6.31. The predicted octanol–water partition coefficient (Wildman–Crippen LogP) is 2.34. The molecule has 0 spiro atoms. The third-order valence-electron chi connectivity index (χ3n) is 3.37. The molecule has 2 aromatic rings. The van der Waals surface area contributed by atoms with Gasteiger partial charge in [0.15, 0.2) is 0 Å². The summed E-state index contributed by atoms with van der Waals surface area (Å²) in [6.07, 6.45) is 1.51. The normalized spacial score (nSPS) is 19.8. The third-order valence-corrected chi connectivity index (χ3v) is 3.61. The minimum Gasteiger partial charge on any atom is -0.467 e. The van der Waals surface area contributed by atoms with Crippen LogP contribution in [-0.2, 0) is 16.1 Å². The summed E-state index contributed by atoms with van der Waals surface area (Å²) in [7, 11) is 0. The standard InChI is InChI=1S/C15H13ClN2O4/c1-15(13(19)17-8-10-3-2-6-21-10)14(20)18-11-7-9(16)4-5-12(11)22-15/h2-7H,8H2,1H3,(H,17,19)(H,18,20)/t15-/m0/s1. The number of amides is 2. The highest BCUT2D eigenvalue weighted by atomic mass is 35.5. The SMILES string of the molecule is C[C@@]1(C(=O)NCc2ccco2)Oc2ccc(Cl)cc2NC1=O. The summed E-state index contributed by atoms with van der Waals surface area (Å²) in [5, 5.41) is 5.72. The lowest BCUT2D eigenvalue weighted by Crippen LogP contribution is -2.58. The number of carbonyl (C=O) groups excluding carboxylic acids is 2. The van der Waals surface area contributed by atoms with Crippen LogP contribution in [-0.4, -0.2) is 17.4 Å². The van der Waals surface area contributed by atoms with E-state index in [0.29, 0.717) is 22.2 Å². The van der Waals surface area contributed by atoms with E-state index in [1.165, 1.54) is 13.2 Å². The second-order valence-corrected chi connectivity index (χ2v) is 5.43. The molecule has 0 fully saturated rings. The molecular weight excluding hydrogens is 308 g/mol. The Morgan fingerprint density at radius 3 is 2.95 bits per heavy atom. The molecule has 0 saturated heterocycles. The van der Waals surface area contributed by atoms with Gasteiger partial charge in [-0.25, -0.2) is 0 Å².